The van der Waals surface area contributed by atoms with Gasteiger partial charge in [-0.1, -0.05) is 17.7 Å². The molecule has 5 heteroatoms. The summed E-state index contributed by atoms with van der Waals surface area (Å²) >= 11 is 6.00. The number of amides is 1. The third-order valence-corrected chi connectivity index (χ3v) is 3.99. The largest absolute Gasteiger partial charge is 0.508 e. The number of aryl methyl sites for hydroxylation is 1. The highest BCUT2D eigenvalue weighted by Gasteiger charge is 2.31. The van der Waals surface area contributed by atoms with E-state index in [-0.39, 0.29) is 17.8 Å². The molecule has 1 aromatic carbocycles. The lowest BCUT2D eigenvalue weighted by molar-refractivity contribution is 0.0292. The predicted molar refractivity (Wildman–Crippen MR) is 83.0 cm³/mol. The van der Waals surface area contributed by atoms with E-state index in [1.807, 2.05) is 33.8 Å². The molecule has 0 aromatic heterocycles. The van der Waals surface area contributed by atoms with Crippen molar-refractivity contribution in [3.63, 3.8) is 0 Å². The molecule has 116 valence electrons. The summed E-state index contributed by atoms with van der Waals surface area (Å²) in [5.74, 6) is 0.315. The van der Waals surface area contributed by atoms with E-state index in [1.165, 1.54) is 0 Å². The number of rotatable bonds is 1. The molecule has 1 aliphatic rings. The highest BCUT2D eigenvalue weighted by molar-refractivity contribution is 6.31. The Morgan fingerprint density at radius 1 is 1.43 bits per heavy atom. The van der Waals surface area contributed by atoms with Gasteiger partial charge in [0.05, 0.1) is 0 Å². The first-order chi connectivity index (χ1) is 9.67. The molecule has 0 saturated carbocycles. The van der Waals surface area contributed by atoms with Gasteiger partial charge in [-0.25, -0.2) is 4.79 Å². The minimum Gasteiger partial charge on any atom is -0.508 e. The lowest BCUT2D eigenvalue weighted by Gasteiger charge is -2.24. The smallest absolute Gasteiger partial charge is 0.410 e. The number of halogens is 1. The first-order valence-corrected chi connectivity index (χ1v) is 7.52. The third kappa shape index (κ3) is 3.82. The first-order valence-electron chi connectivity index (χ1n) is 7.14. The number of phenols is 1. The van der Waals surface area contributed by atoms with E-state index >= 15 is 0 Å². The van der Waals surface area contributed by atoms with Crippen LogP contribution in [0.4, 0.5) is 4.79 Å². The van der Waals surface area contributed by atoms with Crippen LogP contribution in [-0.4, -0.2) is 34.8 Å². The highest BCUT2D eigenvalue weighted by atomic mass is 35.5. The number of nitrogens with zero attached hydrogens (tertiary/aromatic N) is 1. The zero-order valence-electron chi connectivity index (χ0n) is 12.9. The molecule has 1 saturated heterocycles. The molecule has 0 aliphatic carbocycles. The number of phenolic OH excluding ortho intramolecular Hbond substituents is 1. The van der Waals surface area contributed by atoms with Crippen molar-refractivity contribution in [2.45, 2.75) is 45.6 Å². The molecule has 1 unspecified atom stereocenters. The molecular weight excluding hydrogens is 290 g/mol. The number of benzene rings is 1. The van der Waals surface area contributed by atoms with Crippen LogP contribution in [0, 0.1) is 6.92 Å². The minimum absolute atomic E-state index is 0.119. The Kier molecular flexibility index (Phi) is 4.38. The Morgan fingerprint density at radius 3 is 2.71 bits per heavy atom. The maximum atomic E-state index is 12.1. The van der Waals surface area contributed by atoms with Crippen molar-refractivity contribution >= 4 is 17.7 Å². The van der Waals surface area contributed by atoms with E-state index in [0.717, 1.165) is 17.5 Å². The SMILES string of the molecule is Cc1cc(C2CCN(C(=O)OC(C)(C)C)C2)c(O)cc1Cl. The number of hydrogen-bond donors (Lipinski definition) is 1. The van der Waals surface area contributed by atoms with Gasteiger partial charge in [-0.15, -0.1) is 0 Å². The number of hydrogen-bond acceptors (Lipinski definition) is 3. The van der Waals surface area contributed by atoms with Gasteiger partial charge in [0.1, 0.15) is 11.4 Å². The van der Waals surface area contributed by atoms with E-state index in [1.54, 1.807) is 11.0 Å². The van der Waals surface area contributed by atoms with Gasteiger partial charge in [-0.2, -0.15) is 0 Å². The van der Waals surface area contributed by atoms with Crippen LogP contribution in [0.15, 0.2) is 12.1 Å². The van der Waals surface area contributed by atoms with Crippen LogP contribution in [0.5, 0.6) is 5.75 Å². The summed E-state index contributed by atoms with van der Waals surface area (Å²) in [6.45, 7) is 8.67. The van der Waals surface area contributed by atoms with Gasteiger partial charge in [0.2, 0.25) is 0 Å². The van der Waals surface area contributed by atoms with Crippen LogP contribution in [-0.2, 0) is 4.74 Å². The molecule has 4 nitrogen and oxygen atoms in total. The summed E-state index contributed by atoms with van der Waals surface area (Å²) in [7, 11) is 0. The average molecular weight is 312 g/mol. The molecule has 1 fully saturated rings. The zero-order chi connectivity index (χ0) is 15.8. The maximum Gasteiger partial charge on any atom is 0.410 e. The molecule has 1 aromatic rings. The first kappa shape index (κ1) is 16.0. The van der Waals surface area contributed by atoms with E-state index in [0.29, 0.717) is 18.1 Å². The summed E-state index contributed by atoms with van der Waals surface area (Å²) < 4.78 is 5.38. The van der Waals surface area contributed by atoms with Gasteiger partial charge >= 0.3 is 6.09 Å². The second-order valence-corrected chi connectivity index (χ2v) is 6.98. The molecule has 21 heavy (non-hydrogen) atoms. The predicted octanol–water partition coefficient (Wildman–Crippen LogP) is 4.08. The summed E-state index contributed by atoms with van der Waals surface area (Å²) in [4.78, 5) is 13.8. The Morgan fingerprint density at radius 2 is 2.10 bits per heavy atom. The molecule has 1 N–H and O–H groups in total. The summed E-state index contributed by atoms with van der Waals surface area (Å²) in [6.07, 6.45) is 0.517. The van der Waals surface area contributed by atoms with E-state index in [2.05, 4.69) is 0 Å². The number of aromatic hydroxyl groups is 1. The summed E-state index contributed by atoms with van der Waals surface area (Å²) in [6, 6.07) is 3.48. The van der Waals surface area contributed by atoms with Crippen LogP contribution >= 0.6 is 11.6 Å². The van der Waals surface area contributed by atoms with Crippen molar-refractivity contribution in [2.75, 3.05) is 13.1 Å². The minimum atomic E-state index is -0.492. The van der Waals surface area contributed by atoms with Crippen LogP contribution in [0.25, 0.3) is 0 Å². The highest BCUT2D eigenvalue weighted by Crippen LogP contribution is 2.36. The number of ether oxygens (including phenoxy) is 1. The fraction of sp³-hybridized carbons (Fsp3) is 0.562. The number of carbonyl (C=O) groups is 1. The molecule has 0 radical (unpaired) electrons. The molecule has 1 atom stereocenters. The van der Waals surface area contributed by atoms with Gasteiger partial charge < -0.3 is 14.7 Å². The molecule has 0 bridgehead atoms. The number of likely N-dealkylation sites (tertiary alicyclic amines) is 1. The topological polar surface area (TPSA) is 49.8 Å². The van der Waals surface area contributed by atoms with Gasteiger partial charge in [0.15, 0.2) is 0 Å². The van der Waals surface area contributed by atoms with Gasteiger partial charge in [-0.3, -0.25) is 0 Å². The lowest BCUT2D eigenvalue weighted by atomic mass is 9.96. The molecule has 0 spiro atoms. The molecule has 1 aliphatic heterocycles. The maximum absolute atomic E-state index is 12.1. The van der Waals surface area contributed by atoms with Crippen molar-refractivity contribution in [1.29, 1.82) is 0 Å². The van der Waals surface area contributed by atoms with Gasteiger partial charge in [-0.05, 0) is 51.3 Å². The Hall–Kier alpha value is -1.42. The third-order valence-electron chi connectivity index (χ3n) is 3.59. The van der Waals surface area contributed by atoms with Gasteiger partial charge in [0.25, 0.3) is 0 Å². The number of carbonyl (C=O) groups excluding carboxylic acids is 1. The summed E-state index contributed by atoms with van der Waals surface area (Å²) in [5.41, 5.74) is 1.29. The molecule has 2 rings (SSSR count). The van der Waals surface area contributed by atoms with Crippen molar-refractivity contribution in [3.8, 4) is 5.75 Å². The zero-order valence-corrected chi connectivity index (χ0v) is 13.7. The van der Waals surface area contributed by atoms with Crippen molar-refractivity contribution in [2.24, 2.45) is 0 Å². The average Bonchev–Trinajstić information content (AvgIpc) is 2.81. The van der Waals surface area contributed by atoms with Crippen molar-refractivity contribution in [3.05, 3.63) is 28.3 Å². The Bertz CT molecular complexity index is 551. The standard InChI is InChI=1S/C16H22ClNO3/c1-10-7-12(14(19)8-13(10)17)11-5-6-18(9-11)15(20)21-16(2,3)4/h7-8,11,19H,5-6,9H2,1-4H3. The lowest BCUT2D eigenvalue weighted by Crippen LogP contribution is -2.35. The van der Waals surface area contributed by atoms with E-state index in [4.69, 9.17) is 16.3 Å². The Balaban J connectivity index is 2.09. The molecule has 1 heterocycles. The normalized spacial score (nSPS) is 18.9. The van der Waals surface area contributed by atoms with Gasteiger partial charge in [0, 0.05) is 24.0 Å². The Labute approximate surface area is 130 Å². The van der Waals surface area contributed by atoms with E-state index < -0.39 is 5.60 Å². The summed E-state index contributed by atoms with van der Waals surface area (Å²) in [5, 5.41) is 10.6. The second-order valence-electron chi connectivity index (χ2n) is 6.57. The quantitative estimate of drug-likeness (QED) is 0.850. The van der Waals surface area contributed by atoms with Crippen LogP contribution < -0.4 is 0 Å². The van der Waals surface area contributed by atoms with Crippen LogP contribution in [0.3, 0.4) is 0 Å². The van der Waals surface area contributed by atoms with Crippen LogP contribution in [0.2, 0.25) is 5.02 Å². The van der Waals surface area contributed by atoms with Crippen molar-refractivity contribution in [1.82, 2.24) is 4.90 Å². The second kappa shape index (κ2) is 5.76. The molecule has 1 amide bonds. The fourth-order valence-electron chi connectivity index (χ4n) is 2.53. The monoisotopic (exact) mass is 311 g/mol. The fourth-order valence-corrected chi connectivity index (χ4v) is 2.68. The molecular formula is C16H22ClNO3. The van der Waals surface area contributed by atoms with E-state index in [9.17, 15) is 9.90 Å². The van der Waals surface area contributed by atoms with Crippen molar-refractivity contribution < 1.29 is 14.6 Å². The van der Waals surface area contributed by atoms with Crippen LogP contribution in [0.1, 0.15) is 44.2 Å².